The summed E-state index contributed by atoms with van der Waals surface area (Å²) in [5.74, 6) is 0.725. The Morgan fingerprint density at radius 1 is 1.35 bits per heavy atom. The number of nitrogens with zero attached hydrogens (tertiary/aromatic N) is 4. The molecule has 1 N–H and O–H groups in total. The fraction of sp³-hybridized carbons (Fsp3) is 0.526. The van der Waals surface area contributed by atoms with E-state index in [-0.39, 0.29) is 6.03 Å². The standard InChI is InChI=1S/C19H25N5O2/c1-2-14-4-3-5-16(10-14)20-19(25)23-8-9-24-18(11-23)17(21-22-24)13-26-12-15-6-7-15/h3-5,10,15H,2,6-9,11-13H2,1H3,(H,20,25). The van der Waals surface area contributed by atoms with Crippen molar-refractivity contribution in [1.82, 2.24) is 19.9 Å². The summed E-state index contributed by atoms with van der Waals surface area (Å²) in [6.45, 7) is 5.16. The van der Waals surface area contributed by atoms with Gasteiger partial charge in [-0.2, -0.15) is 0 Å². The molecule has 2 heterocycles. The van der Waals surface area contributed by atoms with Crippen LogP contribution in [0.25, 0.3) is 0 Å². The van der Waals surface area contributed by atoms with Crippen molar-refractivity contribution in [3.05, 3.63) is 41.2 Å². The summed E-state index contributed by atoms with van der Waals surface area (Å²) in [4.78, 5) is 14.5. The van der Waals surface area contributed by atoms with Gasteiger partial charge < -0.3 is 15.0 Å². The molecule has 7 heteroatoms. The lowest BCUT2D eigenvalue weighted by atomic mass is 10.1. The van der Waals surface area contributed by atoms with Gasteiger partial charge in [-0.25, -0.2) is 9.48 Å². The second-order valence-corrected chi connectivity index (χ2v) is 7.07. The fourth-order valence-electron chi connectivity index (χ4n) is 3.16. The number of rotatable bonds is 6. The molecule has 1 aliphatic heterocycles. The number of carbonyl (C=O) groups is 1. The first-order valence-corrected chi connectivity index (χ1v) is 9.36. The highest BCUT2D eigenvalue weighted by atomic mass is 16.5. The van der Waals surface area contributed by atoms with E-state index in [9.17, 15) is 4.79 Å². The van der Waals surface area contributed by atoms with Gasteiger partial charge in [-0.3, -0.25) is 0 Å². The third-order valence-electron chi connectivity index (χ3n) is 5.00. The van der Waals surface area contributed by atoms with Crippen LogP contribution in [-0.4, -0.2) is 39.1 Å². The maximum atomic E-state index is 12.7. The number of ether oxygens (including phenoxy) is 1. The molecule has 0 atom stereocenters. The summed E-state index contributed by atoms with van der Waals surface area (Å²) in [5.41, 5.74) is 3.86. The zero-order valence-corrected chi connectivity index (χ0v) is 15.1. The molecule has 0 saturated heterocycles. The first kappa shape index (κ1) is 17.0. The van der Waals surface area contributed by atoms with E-state index in [0.717, 1.165) is 36.0 Å². The van der Waals surface area contributed by atoms with Crippen LogP contribution in [0.3, 0.4) is 0 Å². The predicted molar refractivity (Wildman–Crippen MR) is 97.7 cm³/mol. The number of fused-ring (bicyclic) bond motifs is 1. The first-order valence-electron chi connectivity index (χ1n) is 9.36. The SMILES string of the molecule is CCc1cccc(NC(=O)N2CCn3nnc(COCC4CC4)c3C2)c1. The maximum Gasteiger partial charge on any atom is 0.322 e. The number of aryl methyl sites for hydroxylation is 1. The second kappa shape index (κ2) is 7.45. The number of hydrogen-bond donors (Lipinski definition) is 1. The van der Waals surface area contributed by atoms with Crippen LogP contribution in [0.1, 0.15) is 36.7 Å². The number of anilines is 1. The van der Waals surface area contributed by atoms with Crippen molar-refractivity contribution >= 4 is 11.7 Å². The van der Waals surface area contributed by atoms with E-state index >= 15 is 0 Å². The van der Waals surface area contributed by atoms with E-state index in [4.69, 9.17) is 4.74 Å². The average Bonchev–Trinajstić information content (AvgIpc) is 3.40. The molecule has 4 rings (SSSR count). The Labute approximate surface area is 153 Å². The van der Waals surface area contributed by atoms with Gasteiger partial charge in [0.25, 0.3) is 0 Å². The molecule has 0 unspecified atom stereocenters. The van der Waals surface area contributed by atoms with Crippen molar-refractivity contribution in [2.75, 3.05) is 18.5 Å². The van der Waals surface area contributed by atoms with Gasteiger partial charge in [-0.1, -0.05) is 24.3 Å². The van der Waals surface area contributed by atoms with Gasteiger partial charge in [0.15, 0.2) is 0 Å². The van der Waals surface area contributed by atoms with Crippen LogP contribution >= 0.6 is 0 Å². The zero-order chi connectivity index (χ0) is 17.9. The van der Waals surface area contributed by atoms with Gasteiger partial charge in [0.2, 0.25) is 0 Å². The maximum absolute atomic E-state index is 12.7. The van der Waals surface area contributed by atoms with Crippen LogP contribution in [0.15, 0.2) is 24.3 Å². The van der Waals surface area contributed by atoms with Crippen LogP contribution in [-0.2, 0) is 30.9 Å². The Balaban J connectivity index is 1.38. The fourth-order valence-corrected chi connectivity index (χ4v) is 3.16. The van der Waals surface area contributed by atoms with Crippen LogP contribution in [0, 0.1) is 5.92 Å². The van der Waals surface area contributed by atoms with Crippen molar-refractivity contribution in [3.8, 4) is 0 Å². The summed E-state index contributed by atoms with van der Waals surface area (Å²) in [7, 11) is 0. The second-order valence-electron chi connectivity index (χ2n) is 7.07. The molecule has 0 radical (unpaired) electrons. The Kier molecular flexibility index (Phi) is 4.88. The largest absolute Gasteiger partial charge is 0.375 e. The molecule has 0 spiro atoms. The Hall–Kier alpha value is -2.41. The summed E-state index contributed by atoms with van der Waals surface area (Å²) in [6, 6.07) is 7.89. The topological polar surface area (TPSA) is 72.3 Å². The van der Waals surface area contributed by atoms with Crippen molar-refractivity contribution in [3.63, 3.8) is 0 Å². The summed E-state index contributed by atoms with van der Waals surface area (Å²) >= 11 is 0. The van der Waals surface area contributed by atoms with Crippen LogP contribution in [0.2, 0.25) is 0 Å². The lowest BCUT2D eigenvalue weighted by molar-refractivity contribution is 0.107. The Bertz CT molecular complexity index is 784. The molecule has 1 aromatic heterocycles. The quantitative estimate of drug-likeness (QED) is 0.865. The molecule has 0 bridgehead atoms. The minimum Gasteiger partial charge on any atom is -0.375 e. The minimum atomic E-state index is -0.0875. The molecule has 1 fully saturated rings. The van der Waals surface area contributed by atoms with E-state index in [1.807, 2.05) is 27.8 Å². The van der Waals surface area contributed by atoms with Crippen molar-refractivity contribution in [2.45, 2.75) is 45.9 Å². The van der Waals surface area contributed by atoms with Gasteiger partial charge in [-0.05, 0) is 42.9 Å². The van der Waals surface area contributed by atoms with Crippen molar-refractivity contribution in [1.29, 1.82) is 0 Å². The van der Waals surface area contributed by atoms with E-state index in [1.165, 1.54) is 18.4 Å². The number of benzene rings is 1. The molecular formula is C19H25N5O2. The lowest BCUT2D eigenvalue weighted by Crippen LogP contribution is -2.41. The number of carbonyl (C=O) groups excluding carboxylic acids is 1. The van der Waals surface area contributed by atoms with Crippen LogP contribution < -0.4 is 5.32 Å². The highest BCUT2D eigenvalue weighted by Crippen LogP contribution is 2.29. The van der Waals surface area contributed by atoms with Gasteiger partial charge in [0, 0.05) is 18.8 Å². The number of aromatic nitrogens is 3. The smallest absolute Gasteiger partial charge is 0.322 e. The van der Waals surface area contributed by atoms with Crippen molar-refractivity contribution in [2.24, 2.45) is 5.92 Å². The Morgan fingerprint density at radius 3 is 3.04 bits per heavy atom. The molecule has 26 heavy (non-hydrogen) atoms. The molecule has 1 saturated carbocycles. The van der Waals surface area contributed by atoms with Gasteiger partial charge in [-0.15, -0.1) is 5.10 Å². The van der Waals surface area contributed by atoms with Crippen LogP contribution in [0.4, 0.5) is 10.5 Å². The van der Waals surface area contributed by atoms with Gasteiger partial charge in [0.1, 0.15) is 5.69 Å². The van der Waals surface area contributed by atoms with Crippen molar-refractivity contribution < 1.29 is 9.53 Å². The molecule has 2 amide bonds. The minimum absolute atomic E-state index is 0.0875. The van der Waals surface area contributed by atoms with Gasteiger partial charge >= 0.3 is 6.03 Å². The van der Waals surface area contributed by atoms with E-state index in [0.29, 0.717) is 26.2 Å². The molecule has 1 aliphatic carbocycles. The van der Waals surface area contributed by atoms with E-state index in [2.05, 4.69) is 28.6 Å². The third-order valence-corrected chi connectivity index (χ3v) is 5.00. The monoisotopic (exact) mass is 355 g/mol. The number of amides is 2. The molecule has 1 aromatic carbocycles. The molecule has 138 valence electrons. The summed E-state index contributed by atoms with van der Waals surface area (Å²) in [6.07, 6.45) is 3.49. The highest BCUT2D eigenvalue weighted by Gasteiger charge is 2.26. The number of urea groups is 1. The number of nitrogens with one attached hydrogen (secondary N) is 1. The third kappa shape index (κ3) is 3.88. The lowest BCUT2D eigenvalue weighted by Gasteiger charge is -2.28. The van der Waals surface area contributed by atoms with Gasteiger partial charge in [0.05, 0.1) is 25.4 Å². The Morgan fingerprint density at radius 2 is 2.23 bits per heavy atom. The average molecular weight is 355 g/mol. The van der Waals surface area contributed by atoms with E-state index < -0.39 is 0 Å². The molecule has 7 nitrogen and oxygen atoms in total. The zero-order valence-electron chi connectivity index (χ0n) is 15.1. The highest BCUT2D eigenvalue weighted by molar-refractivity contribution is 5.89. The predicted octanol–water partition coefficient (Wildman–Crippen LogP) is 2.81. The number of hydrogen-bond acceptors (Lipinski definition) is 4. The first-order chi connectivity index (χ1) is 12.7. The van der Waals surface area contributed by atoms with E-state index in [1.54, 1.807) is 0 Å². The van der Waals surface area contributed by atoms with Crippen LogP contribution in [0.5, 0.6) is 0 Å². The molecular weight excluding hydrogens is 330 g/mol. The molecule has 2 aromatic rings. The normalized spacial score (nSPS) is 16.4. The molecule has 2 aliphatic rings. The summed E-state index contributed by atoms with van der Waals surface area (Å²) in [5, 5.41) is 11.4. The summed E-state index contributed by atoms with van der Waals surface area (Å²) < 4.78 is 7.64.